The Kier molecular flexibility index (Phi) is 5.71. The van der Waals surface area contributed by atoms with Crippen molar-refractivity contribution in [3.63, 3.8) is 0 Å². The molecule has 1 rings (SSSR count). The summed E-state index contributed by atoms with van der Waals surface area (Å²) < 4.78 is 0. The standard InChI is InChI=1S/C10H20N4S/c1-4-6-11-9(5-2)8(3)15-10-12-7-13-14-10/h7-9,11H,4-6H2,1-3H3,(H,12,13,14). The van der Waals surface area contributed by atoms with E-state index < -0.39 is 0 Å². The summed E-state index contributed by atoms with van der Waals surface area (Å²) in [7, 11) is 0. The van der Waals surface area contributed by atoms with Gasteiger partial charge in [0.05, 0.1) is 0 Å². The second-order valence-electron chi connectivity index (χ2n) is 3.58. The van der Waals surface area contributed by atoms with Crippen LogP contribution in [-0.2, 0) is 0 Å². The Balaban J connectivity index is 2.39. The van der Waals surface area contributed by atoms with Gasteiger partial charge >= 0.3 is 0 Å². The Hall–Kier alpha value is -0.550. The molecule has 0 aromatic carbocycles. The van der Waals surface area contributed by atoms with E-state index in [2.05, 4.69) is 41.3 Å². The first kappa shape index (κ1) is 12.5. The average molecular weight is 228 g/mol. The van der Waals surface area contributed by atoms with Crippen LogP contribution in [0.4, 0.5) is 0 Å². The van der Waals surface area contributed by atoms with E-state index >= 15 is 0 Å². The van der Waals surface area contributed by atoms with Crippen LogP contribution in [0.5, 0.6) is 0 Å². The van der Waals surface area contributed by atoms with Gasteiger partial charge in [0, 0.05) is 11.3 Å². The van der Waals surface area contributed by atoms with E-state index in [1.165, 1.54) is 6.42 Å². The third-order valence-corrected chi connectivity index (χ3v) is 3.47. The minimum Gasteiger partial charge on any atom is -0.313 e. The average Bonchev–Trinajstić information content (AvgIpc) is 2.71. The van der Waals surface area contributed by atoms with Crippen molar-refractivity contribution in [1.29, 1.82) is 0 Å². The zero-order valence-corrected chi connectivity index (χ0v) is 10.5. The highest BCUT2D eigenvalue weighted by molar-refractivity contribution is 7.99. The number of H-pyrrole nitrogens is 1. The number of aromatic amines is 1. The number of hydrogen-bond acceptors (Lipinski definition) is 4. The van der Waals surface area contributed by atoms with E-state index in [0.29, 0.717) is 11.3 Å². The Bertz CT molecular complexity index is 250. The molecule has 4 nitrogen and oxygen atoms in total. The largest absolute Gasteiger partial charge is 0.313 e. The lowest BCUT2D eigenvalue weighted by molar-refractivity contribution is 0.493. The first-order valence-corrected chi connectivity index (χ1v) is 6.41. The van der Waals surface area contributed by atoms with Gasteiger partial charge in [-0.15, -0.1) is 0 Å². The normalized spacial score (nSPS) is 15.1. The van der Waals surface area contributed by atoms with Gasteiger partial charge in [-0.1, -0.05) is 32.5 Å². The maximum absolute atomic E-state index is 4.12. The molecule has 0 aliphatic heterocycles. The lowest BCUT2D eigenvalue weighted by atomic mass is 10.1. The van der Waals surface area contributed by atoms with E-state index in [1.54, 1.807) is 18.1 Å². The first-order valence-electron chi connectivity index (χ1n) is 5.53. The monoisotopic (exact) mass is 228 g/mol. The molecule has 0 saturated carbocycles. The molecule has 0 bridgehead atoms. The number of hydrogen-bond donors (Lipinski definition) is 2. The van der Waals surface area contributed by atoms with Crippen molar-refractivity contribution in [3.05, 3.63) is 6.33 Å². The molecule has 1 heterocycles. The molecule has 2 atom stereocenters. The Morgan fingerprint density at radius 1 is 1.53 bits per heavy atom. The second-order valence-corrected chi connectivity index (χ2v) is 4.95. The molecule has 0 amide bonds. The Morgan fingerprint density at radius 3 is 2.87 bits per heavy atom. The van der Waals surface area contributed by atoms with Crippen LogP contribution in [0.1, 0.15) is 33.6 Å². The molecule has 0 aliphatic rings. The van der Waals surface area contributed by atoms with Crippen molar-refractivity contribution in [2.45, 2.75) is 50.1 Å². The van der Waals surface area contributed by atoms with E-state index in [-0.39, 0.29) is 0 Å². The van der Waals surface area contributed by atoms with E-state index in [1.807, 2.05) is 0 Å². The van der Waals surface area contributed by atoms with Crippen LogP contribution in [-0.4, -0.2) is 33.0 Å². The van der Waals surface area contributed by atoms with Crippen molar-refractivity contribution in [2.75, 3.05) is 6.54 Å². The van der Waals surface area contributed by atoms with Crippen LogP contribution in [0.2, 0.25) is 0 Å². The molecular weight excluding hydrogens is 208 g/mol. The van der Waals surface area contributed by atoms with E-state index in [9.17, 15) is 0 Å². The smallest absolute Gasteiger partial charge is 0.183 e. The molecule has 0 fully saturated rings. The summed E-state index contributed by atoms with van der Waals surface area (Å²) >= 11 is 1.74. The van der Waals surface area contributed by atoms with Crippen molar-refractivity contribution >= 4 is 11.8 Å². The van der Waals surface area contributed by atoms with Gasteiger partial charge in [0.15, 0.2) is 5.16 Å². The summed E-state index contributed by atoms with van der Waals surface area (Å²) in [6, 6.07) is 0.542. The van der Waals surface area contributed by atoms with Crippen LogP contribution in [0.25, 0.3) is 0 Å². The molecule has 2 N–H and O–H groups in total. The summed E-state index contributed by atoms with van der Waals surface area (Å²) in [5.74, 6) is 0. The number of aromatic nitrogens is 3. The van der Waals surface area contributed by atoms with Gasteiger partial charge in [0.1, 0.15) is 6.33 Å². The van der Waals surface area contributed by atoms with Crippen molar-refractivity contribution in [2.24, 2.45) is 0 Å². The van der Waals surface area contributed by atoms with Crippen LogP contribution in [0.15, 0.2) is 11.5 Å². The van der Waals surface area contributed by atoms with Crippen molar-refractivity contribution in [3.8, 4) is 0 Å². The van der Waals surface area contributed by atoms with Gasteiger partial charge in [-0.2, -0.15) is 5.10 Å². The lowest BCUT2D eigenvalue weighted by Crippen LogP contribution is -2.36. The zero-order chi connectivity index (χ0) is 11.1. The van der Waals surface area contributed by atoms with Gasteiger partial charge in [0.25, 0.3) is 0 Å². The molecule has 15 heavy (non-hydrogen) atoms. The third kappa shape index (κ3) is 4.22. The number of thioether (sulfide) groups is 1. The quantitative estimate of drug-likeness (QED) is 0.701. The van der Waals surface area contributed by atoms with Crippen molar-refractivity contribution in [1.82, 2.24) is 20.5 Å². The first-order chi connectivity index (χ1) is 7.27. The molecule has 0 radical (unpaired) electrons. The molecule has 2 unspecified atom stereocenters. The lowest BCUT2D eigenvalue weighted by Gasteiger charge is -2.22. The minimum atomic E-state index is 0.509. The highest BCUT2D eigenvalue weighted by Crippen LogP contribution is 2.22. The predicted octanol–water partition coefficient (Wildman–Crippen LogP) is 2.06. The van der Waals surface area contributed by atoms with E-state index in [0.717, 1.165) is 18.1 Å². The summed E-state index contributed by atoms with van der Waals surface area (Å²) in [5, 5.41) is 11.7. The number of nitrogens with zero attached hydrogens (tertiary/aromatic N) is 2. The molecule has 86 valence electrons. The van der Waals surface area contributed by atoms with Gasteiger partial charge in [-0.05, 0) is 19.4 Å². The molecule has 1 aromatic rings. The minimum absolute atomic E-state index is 0.509. The van der Waals surface area contributed by atoms with Gasteiger partial charge in [0.2, 0.25) is 0 Å². The summed E-state index contributed by atoms with van der Waals surface area (Å²) in [4.78, 5) is 4.12. The number of nitrogens with one attached hydrogen (secondary N) is 2. The molecule has 0 saturated heterocycles. The van der Waals surface area contributed by atoms with Crippen LogP contribution >= 0.6 is 11.8 Å². The van der Waals surface area contributed by atoms with Crippen LogP contribution < -0.4 is 5.32 Å². The third-order valence-electron chi connectivity index (χ3n) is 2.35. The van der Waals surface area contributed by atoms with Gasteiger partial charge < -0.3 is 5.32 Å². The topological polar surface area (TPSA) is 53.6 Å². The van der Waals surface area contributed by atoms with Gasteiger partial charge in [-0.25, -0.2) is 4.98 Å². The van der Waals surface area contributed by atoms with Crippen LogP contribution in [0.3, 0.4) is 0 Å². The van der Waals surface area contributed by atoms with Crippen LogP contribution in [0, 0.1) is 0 Å². The highest BCUT2D eigenvalue weighted by Gasteiger charge is 2.16. The maximum atomic E-state index is 4.12. The summed E-state index contributed by atoms with van der Waals surface area (Å²) in [6.07, 6.45) is 3.87. The molecule has 0 spiro atoms. The van der Waals surface area contributed by atoms with Crippen molar-refractivity contribution < 1.29 is 0 Å². The summed E-state index contributed by atoms with van der Waals surface area (Å²) in [5.41, 5.74) is 0. The Labute approximate surface area is 95.6 Å². The highest BCUT2D eigenvalue weighted by atomic mass is 32.2. The molecule has 0 aliphatic carbocycles. The SMILES string of the molecule is CCCNC(CC)C(C)Sc1ncn[nH]1. The summed E-state index contributed by atoms with van der Waals surface area (Å²) in [6.45, 7) is 7.71. The zero-order valence-electron chi connectivity index (χ0n) is 9.66. The maximum Gasteiger partial charge on any atom is 0.183 e. The number of rotatable bonds is 7. The molecule has 1 aromatic heterocycles. The fourth-order valence-electron chi connectivity index (χ4n) is 1.48. The second kappa shape index (κ2) is 6.85. The van der Waals surface area contributed by atoms with Gasteiger partial charge in [-0.3, -0.25) is 5.10 Å². The predicted molar refractivity (Wildman–Crippen MR) is 64.1 cm³/mol. The molecular formula is C10H20N4S. The Morgan fingerprint density at radius 2 is 2.33 bits per heavy atom. The fraction of sp³-hybridized carbons (Fsp3) is 0.800. The molecule has 5 heteroatoms. The fourth-order valence-corrected chi connectivity index (χ4v) is 2.50. The van der Waals surface area contributed by atoms with E-state index in [4.69, 9.17) is 0 Å².